The van der Waals surface area contributed by atoms with Crippen molar-refractivity contribution in [2.24, 2.45) is 0 Å². The van der Waals surface area contributed by atoms with E-state index in [9.17, 15) is 4.79 Å². The predicted molar refractivity (Wildman–Crippen MR) is 53.3 cm³/mol. The van der Waals surface area contributed by atoms with E-state index in [0.717, 1.165) is 0 Å². The Labute approximate surface area is 77.8 Å². The molecule has 2 N–H and O–H groups in total. The van der Waals surface area contributed by atoms with Crippen LogP contribution in [0.2, 0.25) is 0 Å². The highest BCUT2D eigenvalue weighted by atomic mass is 16.1. The molecule has 13 heavy (non-hydrogen) atoms. The van der Waals surface area contributed by atoms with E-state index in [2.05, 4.69) is 11.8 Å². The maximum atomic E-state index is 11.4. The fourth-order valence-corrected chi connectivity index (χ4v) is 0.983. The van der Waals surface area contributed by atoms with Crippen molar-refractivity contribution in [2.75, 3.05) is 5.73 Å². The van der Waals surface area contributed by atoms with E-state index in [4.69, 9.17) is 5.73 Å². The third kappa shape index (κ3) is 2.64. The molecule has 66 valence electrons. The van der Waals surface area contributed by atoms with Gasteiger partial charge in [-0.1, -0.05) is 18.1 Å². The van der Waals surface area contributed by atoms with Crippen LogP contribution in [0.25, 0.3) is 0 Å². The van der Waals surface area contributed by atoms with Crippen LogP contribution in [-0.2, 0) is 0 Å². The van der Waals surface area contributed by atoms with Crippen molar-refractivity contribution in [1.29, 1.82) is 0 Å². The summed E-state index contributed by atoms with van der Waals surface area (Å²) >= 11 is 0. The first-order chi connectivity index (χ1) is 6.24. The third-order valence-electron chi connectivity index (χ3n) is 1.63. The molecule has 0 radical (unpaired) electrons. The van der Waals surface area contributed by atoms with Gasteiger partial charge in [-0.2, -0.15) is 0 Å². The van der Waals surface area contributed by atoms with Crippen molar-refractivity contribution in [2.45, 2.75) is 13.3 Å². The van der Waals surface area contributed by atoms with E-state index in [1.54, 1.807) is 31.2 Å². The van der Waals surface area contributed by atoms with E-state index < -0.39 is 0 Å². The van der Waals surface area contributed by atoms with Gasteiger partial charge < -0.3 is 5.73 Å². The highest BCUT2D eigenvalue weighted by Crippen LogP contribution is 2.08. The van der Waals surface area contributed by atoms with Crippen molar-refractivity contribution in [3.8, 4) is 11.8 Å². The fraction of sp³-hybridized carbons (Fsp3) is 0.182. The topological polar surface area (TPSA) is 43.1 Å². The van der Waals surface area contributed by atoms with Crippen molar-refractivity contribution >= 4 is 11.5 Å². The number of nitrogen functional groups attached to an aromatic ring is 1. The van der Waals surface area contributed by atoms with Crippen LogP contribution in [0.15, 0.2) is 24.3 Å². The Bertz CT molecular complexity index is 371. The Hall–Kier alpha value is -1.75. The lowest BCUT2D eigenvalue weighted by Gasteiger charge is -1.97. The van der Waals surface area contributed by atoms with Crippen LogP contribution in [0, 0.1) is 11.8 Å². The SMILES string of the molecule is CC#CCC(=O)c1cccc(N)c1. The van der Waals surface area contributed by atoms with E-state index in [1.807, 2.05) is 0 Å². The molecule has 0 spiro atoms. The number of carbonyl (C=O) groups is 1. The zero-order valence-corrected chi connectivity index (χ0v) is 7.50. The summed E-state index contributed by atoms with van der Waals surface area (Å²) in [5, 5.41) is 0. The summed E-state index contributed by atoms with van der Waals surface area (Å²) in [6, 6.07) is 6.93. The Kier molecular flexibility index (Phi) is 3.10. The van der Waals surface area contributed by atoms with E-state index >= 15 is 0 Å². The Balaban J connectivity index is 2.81. The maximum absolute atomic E-state index is 11.4. The summed E-state index contributed by atoms with van der Waals surface area (Å²) in [5.74, 6) is 5.42. The number of ketones is 1. The maximum Gasteiger partial charge on any atom is 0.174 e. The molecule has 0 atom stereocenters. The van der Waals surface area contributed by atoms with Gasteiger partial charge in [0.15, 0.2) is 5.78 Å². The molecule has 0 saturated heterocycles. The molecule has 1 rings (SSSR count). The number of nitrogens with two attached hydrogens (primary N) is 1. The molecule has 2 heteroatoms. The molecule has 1 aromatic rings. The minimum atomic E-state index is 0.0154. The lowest BCUT2D eigenvalue weighted by Crippen LogP contribution is -1.98. The van der Waals surface area contributed by atoms with Crippen LogP contribution < -0.4 is 5.73 Å². The number of hydrogen-bond acceptors (Lipinski definition) is 2. The summed E-state index contributed by atoms with van der Waals surface area (Å²) in [7, 11) is 0. The van der Waals surface area contributed by atoms with Gasteiger partial charge in [-0.25, -0.2) is 0 Å². The summed E-state index contributed by atoms with van der Waals surface area (Å²) in [4.78, 5) is 11.4. The number of anilines is 1. The smallest absolute Gasteiger partial charge is 0.174 e. The second-order valence-electron chi connectivity index (χ2n) is 2.65. The quantitative estimate of drug-likeness (QED) is 0.421. The molecular weight excluding hydrogens is 162 g/mol. The number of benzene rings is 1. The second-order valence-corrected chi connectivity index (χ2v) is 2.65. The van der Waals surface area contributed by atoms with E-state index in [1.165, 1.54) is 0 Å². The summed E-state index contributed by atoms with van der Waals surface area (Å²) in [5.41, 5.74) is 6.77. The highest BCUT2D eigenvalue weighted by molar-refractivity contribution is 5.98. The standard InChI is InChI=1S/C11H11NO/c1-2-3-7-11(13)9-5-4-6-10(12)8-9/h4-6,8H,7,12H2,1H3. The van der Waals surface area contributed by atoms with E-state index in [-0.39, 0.29) is 12.2 Å². The second kappa shape index (κ2) is 4.32. The summed E-state index contributed by atoms with van der Waals surface area (Å²) in [6.45, 7) is 1.71. The van der Waals surface area contributed by atoms with Gasteiger partial charge in [0.1, 0.15) is 0 Å². The van der Waals surface area contributed by atoms with Gasteiger partial charge >= 0.3 is 0 Å². The third-order valence-corrected chi connectivity index (χ3v) is 1.63. The lowest BCUT2D eigenvalue weighted by atomic mass is 10.1. The van der Waals surface area contributed by atoms with Crippen LogP contribution in [-0.4, -0.2) is 5.78 Å². The normalized spacial score (nSPS) is 8.69. The van der Waals surface area contributed by atoms with E-state index in [0.29, 0.717) is 11.3 Å². The first kappa shape index (κ1) is 9.34. The molecule has 2 nitrogen and oxygen atoms in total. The number of rotatable bonds is 2. The Morgan fingerprint density at radius 2 is 2.31 bits per heavy atom. The van der Waals surface area contributed by atoms with Gasteiger partial charge in [-0.3, -0.25) is 4.79 Å². The molecule has 0 aliphatic rings. The zero-order chi connectivity index (χ0) is 9.68. The molecule has 0 amide bonds. The van der Waals surface area contributed by atoms with Gasteiger partial charge in [0.25, 0.3) is 0 Å². The molecule has 0 aromatic heterocycles. The largest absolute Gasteiger partial charge is 0.399 e. The molecule has 0 saturated carbocycles. The molecule has 0 unspecified atom stereocenters. The van der Waals surface area contributed by atoms with Crippen LogP contribution in [0.3, 0.4) is 0 Å². The van der Waals surface area contributed by atoms with Gasteiger partial charge in [-0.15, -0.1) is 5.92 Å². The van der Waals surface area contributed by atoms with Crippen LogP contribution in [0.5, 0.6) is 0 Å². The first-order valence-electron chi connectivity index (χ1n) is 4.02. The molecule has 0 heterocycles. The van der Waals surface area contributed by atoms with Crippen LogP contribution >= 0.6 is 0 Å². The Morgan fingerprint density at radius 3 is 2.92 bits per heavy atom. The molecule has 0 bridgehead atoms. The lowest BCUT2D eigenvalue weighted by molar-refractivity contribution is 0.0998. The molecular formula is C11H11NO. The predicted octanol–water partition coefficient (Wildman–Crippen LogP) is 1.86. The minimum absolute atomic E-state index is 0.0154. The van der Waals surface area contributed by atoms with Crippen molar-refractivity contribution in [3.05, 3.63) is 29.8 Å². The fourth-order valence-electron chi connectivity index (χ4n) is 0.983. The van der Waals surface area contributed by atoms with Crippen LogP contribution in [0.4, 0.5) is 5.69 Å². The number of carbonyl (C=O) groups excluding carboxylic acids is 1. The summed E-state index contributed by atoms with van der Waals surface area (Å²) < 4.78 is 0. The average molecular weight is 173 g/mol. The molecule has 0 aliphatic carbocycles. The van der Waals surface area contributed by atoms with Gasteiger partial charge in [0.2, 0.25) is 0 Å². The van der Waals surface area contributed by atoms with Gasteiger partial charge in [-0.05, 0) is 19.1 Å². The molecule has 0 fully saturated rings. The first-order valence-corrected chi connectivity index (χ1v) is 4.02. The van der Waals surface area contributed by atoms with Crippen molar-refractivity contribution in [1.82, 2.24) is 0 Å². The highest BCUT2D eigenvalue weighted by Gasteiger charge is 2.02. The number of Topliss-reactive ketones (excluding diaryl/α,β-unsaturated/α-hetero) is 1. The minimum Gasteiger partial charge on any atom is -0.399 e. The Morgan fingerprint density at radius 1 is 1.54 bits per heavy atom. The van der Waals surface area contributed by atoms with Crippen molar-refractivity contribution < 1.29 is 4.79 Å². The zero-order valence-electron chi connectivity index (χ0n) is 7.50. The molecule has 1 aromatic carbocycles. The van der Waals surface area contributed by atoms with Crippen LogP contribution in [0.1, 0.15) is 23.7 Å². The summed E-state index contributed by atoms with van der Waals surface area (Å²) in [6.07, 6.45) is 0.264. The average Bonchev–Trinajstić information content (AvgIpc) is 2.14. The van der Waals surface area contributed by atoms with Gasteiger partial charge in [0, 0.05) is 11.3 Å². The monoisotopic (exact) mass is 173 g/mol. The van der Waals surface area contributed by atoms with Crippen molar-refractivity contribution in [3.63, 3.8) is 0 Å². The molecule has 0 aliphatic heterocycles. The van der Waals surface area contributed by atoms with Gasteiger partial charge in [0.05, 0.1) is 6.42 Å². The number of hydrogen-bond donors (Lipinski definition) is 1.